The van der Waals surface area contributed by atoms with Crippen molar-refractivity contribution in [2.45, 2.75) is 58.3 Å². The van der Waals surface area contributed by atoms with Gasteiger partial charge in [0.15, 0.2) is 6.23 Å². The topological polar surface area (TPSA) is 83.1 Å². The third kappa shape index (κ3) is 4.06. The summed E-state index contributed by atoms with van der Waals surface area (Å²) in [6.45, 7) is 9.42. The Balaban J connectivity index is 1.57. The van der Waals surface area contributed by atoms with E-state index in [0.29, 0.717) is 13.2 Å². The number of morpholine rings is 1. The van der Waals surface area contributed by atoms with Gasteiger partial charge in [-0.25, -0.2) is 9.67 Å². The van der Waals surface area contributed by atoms with Gasteiger partial charge in [0, 0.05) is 48.7 Å². The van der Waals surface area contributed by atoms with Gasteiger partial charge in [-0.05, 0) is 64.3 Å². The minimum absolute atomic E-state index is 0.0786. The Kier molecular flexibility index (Phi) is 6.18. The van der Waals surface area contributed by atoms with Gasteiger partial charge in [0.25, 0.3) is 0 Å². The van der Waals surface area contributed by atoms with E-state index in [1.165, 1.54) is 0 Å². The van der Waals surface area contributed by atoms with Crippen LogP contribution < -0.4 is 4.90 Å². The molecule has 9 heteroatoms. The molecule has 6 heterocycles. The van der Waals surface area contributed by atoms with Crippen molar-refractivity contribution >= 4 is 16.7 Å². The molecule has 0 radical (unpaired) electrons. The van der Waals surface area contributed by atoms with Gasteiger partial charge in [-0.2, -0.15) is 10.2 Å². The fraction of sp³-hybridized carbons (Fsp3) is 0.481. The molecular formula is C27H33N7O2. The van der Waals surface area contributed by atoms with Gasteiger partial charge >= 0.3 is 0 Å². The quantitative estimate of drug-likeness (QED) is 0.397. The number of anilines is 1. The van der Waals surface area contributed by atoms with Crippen LogP contribution in [0.2, 0.25) is 0 Å². The molecule has 2 atom stereocenters. The predicted octanol–water partition coefficient (Wildman–Crippen LogP) is 4.86. The molecule has 2 fully saturated rings. The standard InChI is InChI=1S/C27H33N7O2/c1-18(2)33-22(8-11-29-33)21-16-24(32-13-15-35-17-19(32)3)31-26-20(21)7-10-28-27(26)23-9-12-30-34(23)25-6-4-5-14-36-25/h7-12,16,18-19,25H,4-6,13-15,17H2,1-3H3/t19-,25?/m1/s1. The number of rotatable bonds is 5. The van der Waals surface area contributed by atoms with Crippen LogP contribution in [0.25, 0.3) is 33.5 Å². The van der Waals surface area contributed by atoms with E-state index in [-0.39, 0.29) is 18.3 Å². The number of fused-ring (bicyclic) bond motifs is 1. The first-order chi connectivity index (χ1) is 17.6. The zero-order valence-corrected chi connectivity index (χ0v) is 21.2. The summed E-state index contributed by atoms with van der Waals surface area (Å²) in [6.07, 6.45) is 8.66. The Morgan fingerprint density at radius 1 is 1.00 bits per heavy atom. The smallest absolute Gasteiger partial charge is 0.150 e. The van der Waals surface area contributed by atoms with E-state index in [2.05, 4.69) is 58.7 Å². The normalized spacial score (nSPS) is 20.9. The van der Waals surface area contributed by atoms with Gasteiger partial charge in [0.05, 0.1) is 30.6 Å². The van der Waals surface area contributed by atoms with Crippen molar-refractivity contribution in [3.8, 4) is 22.6 Å². The molecule has 0 amide bonds. The van der Waals surface area contributed by atoms with Crippen LogP contribution in [0.15, 0.2) is 42.9 Å². The number of pyridine rings is 2. The van der Waals surface area contributed by atoms with Crippen molar-refractivity contribution in [1.82, 2.24) is 29.5 Å². The van der Waals surface area contributed by atoms with Gasteiger partial charge in [-0.1, -0.05) is 0 Å². The maximum Gasteiger partial charge on any atom is 0.150 e. The van der Waals surface area contributed by atoms with E-state index >= 15 is 0 Å². The molecule has 6 rings (SSSR count). The highest BCUT2D eigenvalue weighted by atomic mass is 16.5. The summed E-state index contributed by atoms with van der Waals surface area (Å²) < 4.78 is 15.8. The third-order valence-corrected chi connectivity index (χ3v) is 7.15. The van der Waals surface area contributed by atoms with E-state index in [0.717, 1.165) is 71.8 Å². The van der Waals surface area contributed by atoms with Crippen LogP contribution >= 0.6 is 0 Å². The molecule has 0 bridgehead atoms. The molecule has 2 saturated heterocycles. The fourth-order valence-electron chi connectivity index (χ4n) is 5.34. The molecule has 0 N–H and O–H groups in total. The molecule has 4 aromatic rings. The first-order valence-corrected chi connectivity index (χ1v) is 13.0. The van der Waals surface area contributed by atoms with Crippen LogP contribution in [0.1, 0.15) is 52.3 Å². The highest BCUT2D eigenvalue weighted by Gasteiger charge is 2.26. The lowest BCUT2D eigenvalue weighted by atomic mass is 10.0. The summed E-state index contributed by atoms with van der Waals surface area (Å²) in [5.74, 6) is 0.930. The molecule has 4 aromatic heterocycles. The molecule has 9 nitrogen and oxygen atoms in total. The Labute approximate surface area is 211 Å². The van der Waals surface area contributed by atoms with Crippen LogP contribution in [-0.2, 0) is 9.47 Å². The summed E-state index contributed by atoms with van der Waals surface area (Å²) in [6, 6.07) is 8.82. The Bertz CT molecular complexity index is 1360. The molecule has 0 aliphatic carbocycles. The molecule has 0 saturated carbocycles. The average molecular weight is 488 g/mol. The number of hydrogen-bond acceptors (Lipinski definition) is 7. The molecule has 2 aliphatic rings. The van der Waals surface area contributed by atoms with Crippen LogP contribution in [0.3, 0.4) is 0 Å². The molecule has 0 spiro atoms. The largest absolute Gasteiger partial charge is 0.377 e. The number of nitrogens with zero attached hydrogens (tertiary/aromatic N) is 7. The lowest BCUT2D eigenvalue weighted by Crippen LogP contribution is -2.44. The van der Waals surface area contributed by atoms with E-state index < -0.39 is 0 Å². The van der Waals surface area contributed by atoms with E-state index in [1.54, 1.807) is 0 Å². The Hall–Kier alpha value is -3.30. The monoisotopic (exact) mass is 487 g/mol. The maximum absolute atomic E-state index is 6.07. The highest BCUT2D eigenvalue weighted by Crippen LogP contribution is 2.37. The van der Waals surface area contributed by atoms with Gasteiger partial charge < -0.3 is 14.4 Å². The molecule has 188 valence electrons. The maximum atomic E-state index is 6.07. The lowest BCUT2D eigenvalue weighted by molar-refractivity contribution is -0.0383. The van der Waals surface area contributed by atoms with Crippen LogP contribution in [0.4, 0.5) is 5.82 Å². The summed E-state index contributed by atoms with van der Waals surface area (Å²) >= 11 is 0. The molecule has 36 heavy (non-hydrogen) atoms. The van der Waals surface area contributed by atoms with Crippen LogP contribution in [0.5, 0.6) is 0 Å². The highest BCUT2D eigenvalue weighted by molar-refractivity contribution is 6.01. The zero-order valence-electron chi connectivity index (χ0n) is 21.2. The number of hydrogen-bond donors (Lipinski definition) is 0. The van der Waals surface area contributed by atoms with Gasteiger partial charge in [0.1, 0.15) is 17.0 Å². The van der Waals surface area contributed by atoms with E-state index in [1.807, 2.05) is 29.3 Å². The second-order valence-corrected chi connectivity index (χ2v) is 9.94. The van der Waals surface area contributed by atoms with Gasteiger partial charge in [-0.15, -0.1) is 0 Å². The second kappa shape index (κ2) is 9.63. The predicted molar refractivity (Wildman–Crippen MR) is 139 cm³/mol. The summed E-state index contributed by atoms with van der Waals surface area (Å²) in [7, 11) is 0. The number of ether oxygens (including phenoxy) is 2. The van der Waals surface area contributed by atoms with Crippen molar-refractivity contribution in [2.24, 2.45) is 0 Å². The second-order valence-electron chi connectivity index (χ2n) is 9.94. The average Bonchev–Trinajstić information content (AvgIpc) is 3.59. The van der Waals surface area contributed by atoms with Crippen molar-refractivity contribution < 1.29 is 9.47 Å². The fourth-order valence-corrected chi connectivity index (χ4v) is 5.34. The summed E-state index contributed by atoms with van der Waals surface area (Å²) in [5.41, 5.74) is 4.77. The van der Waals surface area contributed by atoms with Crippen molar-refractivity contribution in [2.75, 3.05) is 31.3 Å². The number of aromatic nitrogens is 6. The van der Waals surface area contributed by atoms with Crippen LogP contribution in [-0.4, -0.2) is 61.9 Å². The molecule has 0 aromatic carbocycles. The van der Waals surface area contributed by atoms with Crippen LogP contribution in [0, 0.1) is 0 Å². The van der Waals surface area contributed by atoms with Gasteiger partial charge in [0.2, 0.25) is 0 Å². The SMILES string of the molecule is CC(C)n1nccc1-c1cc(N2CCOC[C@H]2C)nc2c(-c3ccnn3C3CCCCO3)nccc12. The summed E-state index contributed by atoms with van der Waals surface area (Å²) in [5, 5.41) is 10.3. The Morgan fingerprint density at radius 2 is 1.86 bits per heavy atom. The summed E-state index contributed by atoms with van der Waals surface area (Å²) in [4.78, 5) is 12.4. The van der Waals surface area contributed by atoms with Crippen molar-refractivity contribution in [3.05, 3.63) is 42.9 Å². The van der Waals surface area contributed by atoms with Gasteiger partial charge in [-0.3, -0.25) is 9.67 Å². The lowest BCUT2D eigenvalue weighted by Gasteiger charge is -2.34. The molecule has 1 unspecified atom stereocenters. The minimum atomic E-state index is -0.0786. The van der Waals surface area contributed by atoms with Crippen molar-refractivity contribution in [3.63, 3.8) is 0 Å². The van der Waals surface area contributed by atoms with E-state index in [9.17, 15) is 0 Å². The first kappa shape index (κ1) is 23.1. The third-order valence-electron chi connectivity index (χ3n) is 7.15. The first-order valence-electron chi connectivity index (χ1n) is 13.0. The zero-order chi connectivity index (χ0) is 24.6. The Morgan fingerprint density at radius 3 is 2.67 bits per heavy atom. The molecular weight excluding hydrogens is 454 g/mol. The van der Waals surface area contributed by atoms with Crippen molar-refractivity contribution in [1.29, 1.82) is 0 Å². The van der Waals surface area contributed by atoms with E-state index in [4.69, 9.17) is 19.4 Å². The minimum Gasteiger partial charge on any atom is -0.377 e. The molecule has 2 aliphatic heterocycles.